The van der Waals surface area contributed by atoms with Crippen molar-refractivity contribution in [3.05, 3.63) is 23.8 Å². The van der Waals surface area contributed by atoms with Gasteiger partial charge < -0.3 is 9.47 Å². The number of nitrogens with one attached hydrogen (secondary N) is 1. The van der Waals surface area contributed by atoms with E-state index in [2.05, 4.69) is 17.5 Å². The minimum Gasteiger partial charge on any atom is -0.454 e. The van der Waals surface area contributed by atoms with Crippen molar-refractivity contribution in [1.82, 2.24) is 5.43 Å². The molecule has 5 heteroatoms. The van der Waals surface area contributed by atoms with Crippen LogP contribution in [0.2, 0.25) is 0 Å². The van der Waals surface area contributed by atoms with Crippen molar-refractivity contribution < 1.29 is 14.3 Å². The van der Waals surface area contributed by atoms with Gasteiger partial charge in [-0.05, 0) is 30.2 Å². The number of nitrogens with zero attached hydrogens (tertiary/aromatic N) is 1. The van der Waals surface area contributed by atoms with E-state index in [1.807, 2.05) is 18.2 Å². The van der Waals surface area contributed by atoms with Gasteiger partial charge in [-0.15, -0.1) is 0 Å². The topological polar surface area (TPSA) is 59.9 Å². The second-order valence-corrected chi connectivity index (χ2v) is 6.13. The Balaban J connectivity index is 1.54. The second-order valence-electron chi connectivity index (χ2n) is 6.13. The molecule has 1 heterocycles. The van der Waals surface area contributed by atoms with E-state index in [-0.39, 0.29) is 12.7 Å². The summed E-state index contributed by atoms with van der Waals surface area (Å²) in [7, 11) is 0. The summed E-state index contributed by atoms with van der Waals surface area (Å²) in [6.07, 6.45) is 12.0. The first-order valence-corrected chi connectivity index (χ1v) is 9.01. The van der Waals surface area contributed by atoms with Crippen LogP contribution in [0.25, 0.3) is 0 Å². The van der Waals surface area contributed by atoms with Gasteiger partial charge in [0.15, 0.2) is 11.5 Å². The van der Waals surface area contributed by atoms with Crippen LogP contribution >= 0.6 is 0 Å². The van der Waals surface area contributed by atoms with E-state index in [0.717, 1.165) is 24.2 Å². The fourth-order valence-electron chi connectivity index (χ4n) is 2.65. The maximum absolute atomic E-state index is 11.7. The zero-order chi connectivity index (χ0) is 17.0. The Labute approximate surface area is 144 Å². The molecule has 0 aromatic heterocycles. The molecule has 5 nitrogen and oxygen atoms in total. The average Bonchev–Trinajstić information content (AvgIpc) is 3.05. The van der Waals surface area contributed by atoms with Gasteiger partial charge in [-0.2, -0.15) is 5.10 Å². The van der Waals surface area contributed by atoms with Crippen LogP contribution in [0.1, 0.15) is 70.3 Å². The summed E-state index contributed by atoms with van der Waals surface area (Å²) < 4.78 is 10.6. The van der Waals surface area contributed by atoms with Gasteiger partial charge in [0.05, 0.1) is 6.21 Å². The Kier molecular flexibility index (Phi) is 8.15. The molecule has 0 radical (unpaired) electrons. The molecule has 0 saturated carbocycles. The van der Waals surface area contributed by atoms with Crippen LogP contribution in [0.15, 0.2) is 23.3 Å². The molecule has 0 unspecified atom stereocenters. The van der Waals surface area contributed by atoms with Crippen LogP contribution in [-0.4, -0.2) is 18.9 Å². The maximum Gasteiger partial charge on any atom is 0.240 e. The minimum atomic E-state index is -0.0297. The molecule has 24 heavy (non-hydrogen) atoms. The number of hydrogen-bond donors (Lipinski definition) is 1. The molecule has 0 saturated heterocycles. The van der Waals surface area contributed by atoms with E-state index >= 15 is 0 Å². The first kappa shape index (κ1) is 18.3. The number of amides is 1. The number of fused-ring (bicyclic) bond motifs is 1. The average molecular weight is 332 g/mol. The Morgan fingerprint density at radius 3 is 2.58 bits per heavy atom. The second kappa shape index (κ2) is 10.7. The molecule has 2 rings (SSSR count). The number of rotatable bonds is 11. The third-order valence-corrected chi connectivity index (χ3v) is 4.06. The van der Waals surface area contributed by atoms with Crippen LogP contribution in [0, 0.1) is 0 Å². The van der Waals surface area contributed by atoms with Gasteiger partial charge in [0.2, 0.25) is 12.7 Å². The van der Waals surface area contributed by atoms with E-state index in [1.54, 1.807) is 6.21 Å². The molecule has 0 atom stereocenters. The van der Waals surface area contributed by atoms with Gasteiger partial charge in [0, 0.05) is 6.42 Å². The molecule has 1 amide bonds. The lowest BCUT2D eigenvalue weighted by Crippen LogP contribution is -2.16. The van der Waals surface area contributed by atoms with Crippen LogP contribution < -0.4 is 14.9 Å². The fourth-order valence-corrected chi connectivity index (χ4v) is 2.65. The minimum absolute atomic E-state index is 0.0297. The van der Waals surface area contributed by atoms with Gasteiger partial charge >= 0.3 is 0 Å². The Hall–Kier alpha value is -2.04. The molecule has 0 spiro atoms. The molecule has 1 aliphatic rings. The number of hydrazone groups is 1. The number of carbonyl (C=O) groups excluding carboxylic acids is 1. The predicted octanol–water partition coefficient (Wildman–Crippen LogP) is 4.40. The van der Waals surface area contributed by atoms with E-state index < -0.39 is 0 Å². The summed E-state index contributed by atoms with van der Waals surface area (Å²) >= 11 is 0. The molecule has 1 N–H and O–H groups in total. The van der Waals surface area contributed by atoms with Crippen LogP contribution in [0.5, 0.6) is 11.5 Å². The predicted molar refractivity (Wildman–Crippen MR) is 95.5 cm³/mol. The largest absolute Gasteiger partial charge is 0.454 e. The summed E-state index contributed by atoms with van der Waals surface area (Å²) in [6, 6.07) is 5.56. The van der Waals surface area contributed by atoms with Crippen molar-refractivity contribution in [2.45, 2.75) is 64.7 Å². The highest BCUT2D eigenvalue weighted by Crippen LogP contribution is 2.31. The fraction of sp³-hybridized carbons (Fsp3) is 0.579. The van der Waals surface area contributed by atoms with E-state index in [1.165, 1.54) is 38.5 Å². The van der Waals surface area contributed by atoms with Gasteiger partial charge in [-0.25, -0.2) is 5.43 Å². The van der Waals surface area contributed by atoms with Gasteiger partial charge in [-0.1, -0.05) is 51.9 Å². The van der Waals surface area contributed by atoms with Crippen LogP contribution in [0.3, 0.4) is 0 Å². The van der Waals surface area contributed by atoms with Crippen molar-refractivity contribution in [3.63, 3.8) is 0 Å². The van der Waals surface area contributed by atoms with Gasteiger partial charge in [0.25, 0.3) is 0 Å². The number of unbranched alkanes of at least 4 members (excludes halogenated alkanes) is 7. The number of benzene rings is 1. The lowest BCUT2D eigenvalue weighted by atomic mass is 10.1. The zero-order valence-electron chi connectivity index (χ0n) is 14.6. The molecule has 1 aliphatic heterocycles. The zero-order valence-corrected chi connectivity index (χ0v) is 14.6. The molecule has 0 aliphatic carbocycles. The summed E-state index contributed by atoms with van der Waals surface area (Å²) in [5.74, 6) is 1.42. The SMILES string of the molecule is CCCCCCCCCCC(=O)N/N=C/c1ccc2c(c1)OCO2. The molecule has 1 aromatic carbocycles. The highest BCUT2D eigenvalue weighted by atomic mass is 16.7. The lowest BCUT2D eigenvalue weighted by molar-refractivity contribution is -0.121. The Morgan fingerprint density at radius 2 is 1.79 bits per heavy atom. The van der Waals surface area contributed by atoms with E-state index in [9.17, 15) is 4.79 Å². The third kappa shape index (κ3) is 6.60. The molecule has 0 bridgehead atoms. The third-order valence-electron chi connectivity index (χ3n) is 4.06. The van der Waals surface area contributed by atoms with Gasteiger partial charge in [0.1, 0.15) is 0 Å². The van der Waals surface area contributed by atoms with Crippen molar-refractivity contribution in [2.75, 3.05) is 6.79 Å². The molecular weight excluding hydrogens is 304 g/mol. The maximum atomic E-state index is 11.7. The normalized spacial score (nSPS) is 12.7. The summed E-state index contributed by atoms with van der Waals surface area (Å²) in [5, 5.41) is 3.99. The van der Waals surface area contributed by atoms with Crippen LogP contribution in [0.4, 0.5) is 0 Å². The van der Waals surface area contributed by atoms with Crippen molar-refractivity contribution >= 4 is 12.1 Å². The summed E-state index contributed by atoms with van der Waals surface area (Å²) in [6.45, 7) is 2.49. The Morgan fingerprint density at radius 1 is 1.08 bits per heavy atom. The highest BCUT2D eigenvalue weighted by Gasteiger charge is 2.12. The first-order valence-electron chi connectivity index (χ1n) is 9.01. The number of carbonyl (C=O) groups is 1. The molecule has 132 valence electrons. The number of hydrogen-bond acceptors (Lipinski definition) is 4. The van der Waals surface area contributed by atoms with E-state index in [4.69, 9.17) is 9.47 Å². The smallest absolute Gasteiger partial charge is 0.240 e. The highest BCUT2D eigenvalue weighted by molar-refractivity contribution is 5.83. The van der Waals surface area contributed by atoms with Crippen molar-refractivity contribution in [3.8, 4) is 11.5 Å². The number of ether oxygens (including phenoxy) is 2. The van der Waals surface area contributed by atoms with Gasteiger partial charge in [-0.3, -0.25) is 4.79 Å². The monoisotopic (exact) mass is 332 g/mol. The van der Waals surface area contributed by atoms with Crippen LogP contribution in [-0.2, 0) is 4.79 Å². The first-order chi connectivity index (χ1) is 11.8. The van der Waals surface area contributed by atoms with Crippen molar-refractivity contribution in [2.24, 2.45) is 5.10 Å². The Bertz CT molecular complexity index is 543. The quantitative estimate of drug-likeness (QED) is 0.371. The molecular formula is C19H28N2O3. The summed E-state index contributed by atoms with van der Waals surface area (Å²) in [4.78, 5) is 11.7. The van der Waals surface area contributed by atoms with E-state index in [0.29, 0.717) is 12.2 Å². The summed E-state index contributed by atoms with van der Waals surface area (Å²) in [5.41, 5.74) is 3.44. The van der Waals surface area contributed by atoms with Crippen molar-refractivity contribution in [1.29, 1.82) is 0 Å². The molecule has 0 fully saturated rings. The lowest BCUT2D eigenvalue weighted by Gasteiger charge is -2.02. The standard InChI is InChI=1S/C19H28N2O3/c1-2-3-4-5-6-7-8-9-10-19(22)21-20-14-16-11-12-17-18(13-16)24-15-23-17/h11-14H,2-10,15H2,1H3,(H,21,22)/b20-14+. The molecule has 1 aromatic rings.